The second-order valence-electron chi connectivity index (χ2n) is 7.52. The third-order valence-corrected chi connectivity index (χ3v) is 4.81. The second kappa shape index (κ2) is 8.41. The standard InChI is InChI=1S/C20H28N4O3/c1-4-27-16-7-5-15(6-8-16)21-19(26)17-10-18(25)23-20(22-17)24-11-13(2)9-14(3)12-24/h5-8,13-14,17H,4,9-12H2,1-3H3,(H,21,26)(H,22,23,25)/t13-,14+,17-/m1/s1. The first kappa shape index (κ1) is 19.2. The third kappa shape index (κ3) is 4.99. The number of nitrogens with zero attached hydrogens (tertiary/aromatic N) is 2. The largest absolute Gasteiger partial charge is 0.494 e. The lowest BCUT2D eigenvalue weighted by Crippen LogP contribution is -2.54. The van der Waals surface area contributed by atoms with Crippen molar-refractivity contribution < 1.29 is 14.3 Å². The summed E-state index contributed by atoms with van der Waals surface area (Å²) in [5, 5.41) is 5.68. The number of anilines is 1. The van der Waals surface area contributed by atoms with Gasteiger partial charge >= 0.3 is 0 Å². The number of benzene rings is 1. The first-order chi connectivity index (χ1) is 12.9. The first-order valence-corrected chi connectivity index (χ1v) is 9.61. The van der Waals surface area contributed by atoms with Crippen molar-refractivity contribution in [2.24, 2.45) is 16.8 Å². The van der Waals surface area contributed by atoms with Gasteiger partial charge in [0, 0.05) is 18.8 Å². The van der Waals surface area contributed by atoms with Crippen molar-refractivity contribution in [3.05, 3.63) is 24.3 Å². The van der Waals surface area contributed by atoms with E-state index in [2.05, 4.69) is 34.4 Å². The van der Waals surface area contributed by atoms with E-state index in [1.165, 1.54) is 6.42 Å². The first-order valence-electron chi connectivity index (χ1n) is 9.61. The molecule has 0 bridgehead atoms. The molecule has 1 aromatic rings. The van der Waals surface area contributed by atoms with Crippen molar-refractivity contribution >= 4 is 23.5 Å². The molecule has 0 aliphatic carbocycles. The van der Waals surface area contributed by atoms with E-state index in [0.717, 1.165) is 18.8 Å². The van der Waals surface area contributed by atoms with Crippen LogP contribution in [-0.4, -0.2) is 48.4 Å². The van der Waals surface area contributed by atoms with E-state index in [1.54, 1.807) is 24.3 Å². The van der Waals surface area contributed by atoms with Crippen LogP contribution in [0.1, 0.15) is 33.6 Å². The molecule has 3 atom stereocenters. The topological polar surface area (TPSA) is 83.0 Å². The van der Waals surface area contributed by atoms with E-state index in [9.17, 15) is 9.59 Å². The van der Waals surface area contributed by atoms with E-state index >= 15 is 0 Å². The van der Waals surface area contributed by atoms with Crippen LogP contribution in [0.25, 0.3) is 0 Å². The zero-order valence-corrected chi connectivity index (χ0v) is 16.2. The summed E-state index contributed by atoms with van der Waals surface area (Å²) in [6.07, 6.45) is 1.23. The van der Waals surface area contributed by atoms with Crippen LogP contribution in [0.4, 0.5) is 5.69 Å². The maximum atomic E-state index is 12.6. The van der Waals surface area contributed by atoms with Gasteiger partial charge in [-0.1, -0.05) is 13.8 Å². The minimum atomic E-state index is -0.715. The SMILES string of the molecule is CCOc1ccc(NC(=O)[C@H]2CC(=O)NC(N3C[C@H](C)C[C@H](C)C3)=N2)cc1. The Kier molecular flexibility index (Phi) is 5.98. The van der Waals surface area contributed by atoms with Crippen LogP contribution >= 0.6 is 0 Å². The summed E-state index contributed by atoms with van der Waals surface area (Å²) in [6.45, 7) is 8.60. The van der Waals surface area contributed by atoms with Crippen molar-refractivity contribution in [2.75, 3.05) is 25.0 Å². The molecule has 7 nitrogen and oxygen atoms in total. The number of hydrogen-bond donors (Lipinski definition) is 2. The third-order valence-electron chi connectivity index (χ3n) is 4.81. The summed E-state index contributed by atoms with van der Waals surface area (Å²) in [4.78, 5) is 31.4. The second-order valence-corrected chi connectivity index (χ2v) is 7.52. The van der Waals surface area contributed by atoms with Crippen LogP contribution in [0.5, 0.6) is 5.75 Å². The molecule has 146 valence electrons. The van der Waals surface area contributed by atoms with Crippen LogP contribution in [0, 0.1) is 11.8 Å². The molecule has 2 heterocycles. The summed E-state index contributed by atoms with van der Waals surface area (Å²) in [5.41, 5.74) is 0.659. The summed E-state index contributed by atoms with van der Waals surface area (Å²) in [5.74, 6) is 1.90. The van der Waals surface area contributed by atoms with Gasteiger partial charge in [-0.15, -0.1) is 0 Å². The van der Waals surface area contributed by atoms with Crippen molar-refractivity contribution in [2.45, 2.75) is 39.7 Å². The number of nitrogens with one attached hydrogen (secondary N) is 2. The van der Waals surface area contributed by atoms with Crippen LogP contribution in [-0.2, 0) is 9.59 Å². The van der Waals surface area contributed by atoms with Gasteiger partial charge < -0.3 is 15.0 Å². The molecule has 0 aromatic heterocycles. The number of aliphatic imine (C=N–C) groups is 1. The fourth-order valence-electron chi connectivity index (χ4n) is 3.75. The fraction of sp³-hybridized carbons (Fsp3) is 0.550. The highest BCUT2D eigenvalue weighted by Crippen LogP contribution is 2.22. The number of ether oxygens (including phenoxy) is 1. The lowest BCUT2D eigenvalue weighted by molar-refractivity contribution is -0.125. The maximum absolute atomic E-state index is 12.6. The normalized spacial score (nSPS) is 25.4. The Bertz CT molecular complexity index is 706. The zero-order chi connectivity index (χ0) is 19.4. The van der Waals surface area contributed by atoms with Gasteiger partial charge in [-0.25, -0.2) is 4.99 Å². The molecule has 1 fully saturated rings. The molecule has 2 amide bonds. The minimum absolute atomic E-state index is 0.0608. The van der Waals surface area contributed by atoms with E-state index < -0.39 is 6.04 Å². The van der Waals surface area contributed by atoms with Crippen molar-refractivity contribution in [3.8, 4) is 5.75 Å². The minimum Gasteiger partial charge on any atom is -0.494 e. The highest BCUT2D eigenvalue weighted by Gasteiger charge is 2.32. The molecule has 1 saturated heterocycles. The number of piperidine rings is 1. The Morgan fingerprint density at radius 1 is 1.26 bits per heavy atom. The number of guanidine groups is 1. The molecule has 0 spiro atoms. The van der Waals surface area contributed by atoms with Gasteiger partial charge in [0.05, 0.1) is 13.0 Å². The van der Waals surface area contributed by atoms with Gasteiger partial charge in [0.2, 0.25) is 17.8 Å². The number of carbonyl (C=O) groups is 2. The smallest absolute Gasteiger partial charge is 0.249 e. The van der Waals surface area contributed by atoms with Crippen LogP contribution in [0.15, 0.2) is 29.3 Å². The number of likely N-dealkylation sites (tertiary alicyclic amines) is 1. The molecule has 0 radical (unpaired) electrons. The van der Waals surface area contributed by atoms with Crippen molar-refractivity contribution in [1.82, 2.24) is 10.2 Å². The van der Waals surface area contributed by atoms with E-state index in [-0.39, 0.29) is 18.2 Å². The van der Waals surface area contributed by atoms with E-state index in [4.69, 9.17) is 4.74 Å². The highest BCUT2D eigenvalue weighted by molar-refractivity contribution is 6.06. The van der Waals surface area contributed by atoms with Crippen LogP contribution in [0.3, 0.4) is 0 Å². The zero-order valence-electron chi connectivity index (χ0n) is 16.2. The Balaban J connectivity index is 1.68. The summed E-state index contributed by atoms with van der Waals surface area (Å²) >= 11 is 0. The molecular formula is C20H28N4O3. The lowest BCUT2D eigenvalue weighted by Gasteiger charge is -2.38. The fourth-order valence-corrected chi connectivity index (χ4v) is 3.75. The van der Waals surface area contributed by atoms with Gasteiger partial charge in [-0.3, -0.25) is 14.9 Å². The number of rotatable bonds is 4. The monoisotopic (exact) mass is 372 g/mol. The van der Waals surface area contributed by atoms with Gasteiger partial charge in [0.25, 0.3) is 0 Å². The molecular weight excluding hydrogens is 344 g/mol. The number of hydrogen-bond acceptors (Lipinski definition) is 5. The maximum Gasteiger partial charge on any atom is 0.249 e. The average molecular weight is 372 g/mol. The molecule has 7 heteroatoms. The average Bonchev–Trinajstić information content (AvgIpc) is 2.62. The highest BCUT2D eigenvalue weighted by atomic mass is 16.5. The Hall–Kier alpha value is -2.57. The lowest BCUT2D eigenvalue weighted by atomic mass is 9.92. The van der Waals surface area contributed by atoms with Crippen LogP contribution < -0.4 is 15.4 Å². The van der Waals surface area contributed by atoms with Crippen molar-refractivity contribution in [3.63, 3.8) is 0 Å². The number of amides is 2. The molecule has 2 N–H and O–H groups in total. The summed E-state index contributed by atoms with van der Waals surface area (Å²) < 4.78 is 5.40. The molecule has 27 heavy (non-hydrogen) atoms. The Labute approximate surface area is 160 Å². The molecule has 0 saturated carbocycles. The Morgan fingerprint density at radius 3 is 2.56 bits per heavy atom. The van der Waals surface area contributed by atoms with Gasteiger partial charge in [-0.05, 0) is 49.4 Å². The predicted octanol–water partition coefficient (Wildman–Crippen LogP) is 2.25. The number of carbonyl (C=O) groups excluding carboxylic acids is 2. The quantitative estimate of drug-likeness (QED) is 0.849. The molecule has 1 aromatic carbocycles. The van der Waals surface area contributed by atoms with E-state index in [1.807, 2.05) is 6.92 Å². The van der Waals surface area contributed by atoms with E-state index in [0.29, 0.717) is 30.1 Å². The molecule has 0 unspecified atom stereocenters. The summed E-state index contributed by atoms with van der Waals surface area (Å²) in [6, 6.07) is 6.46. The summed E-state index contributed by atoms with van der Waals surface area (Å²) in [7, 11) is 0. The van der Waals surface area contributed by atoms with Crippen LogP contribution in [0.2, 0.25) is 0 Å². The van der Waals surface area contributed by atoms with Gasteiger partial charge in [-0.2, -0.15) is 0 Å². The predicted molar refractivity (Wildman–Crippen MR) is 105 cm³/mol. The molecule has 3 rings (SSSR count). The van der Waals surface area contributed by atoms with Gasteiger partial charge in [0.15, 0.2) is 0 Å². The van der Waals surface area contributed by atoms with Gasteiger partial charge in [0.1, 0.15) is 11.8 Å². The molecule has 2 aliphatic rings. The Morgan fingerprint density at radius 2 is 1.93 bits per heavy atom. The molecule has 2 aliphatic heterocycles. The van der Waals surface area contributed by atoms with Crippen molar-refractivity contribution in [1.29, 1.82) is 0 Å².